The number of nitrogens with zero attached hydrogens (tertiary/aromatic N) is 1. The molecule has 2 unspecified atom stereocenters. The highest BCUT2D eigenvalue weighted by Crippen LogP contribution is 2.37. The summed E-state index contributed by atoms with van der Waals surface area (Å²) in [5.74, 6) is -0.215. The lowest BCUT2D eigenvalue weighted by atomic mass is 9.82. The van der Waals surface area contributed by atoms with Gasteiger partial charge in [-0.05, 0) is 44.1 Å². The number of likely N-dealkylation sites (tertiary alicyclic amines) is 1. The molecule has 0 saturated carbocycles. The number of aryl methyl sites for hydroxylation is 2. The first-order chi connectivity index (χ1) is 11.8. The Balaban J connectivity index is 2.07. The summed E-state index contributed by atoms with van der Waals surface area (Å²) in [4.78, 5) is 26.7. The van der Waals surface area contributed by atoms with Crippen molar-refractivity contribution < 1.29 is 14.8 Å². The van der Waals surface area contributed by atoms with Gasteiger partial charge in [-0.1, -0.05) is 50.6 Å². The number of hydroxylamine groups is 1. The predicted octanol–water partition coefficient (Wildman–Crippen LogP) is 3.09. The maximum atomic E-state index is 13.0. The van der Waals surface area contributed by atoms with Gasteiger partial charge in [-0.3, -0.25) is 14.8 Å². The van der Waals surface area contributed by atoms with E-state index in [0.29, 0.717) is 13.0 Å². The molecule has 2 amide bonds. The SMILES string of the molecule is Cc1ccc(CCC2(C)CCN(C(CC(C)C)C(=O)NO)C2=O)cc1. The van der Waals surface area contributed by atoms with E-state index in [0.717, 1.165) is 19.3 Å². The molecule has 1 saturated heterocycles. The maximum absolute atomic E-state index is 13.0. The quantitative estimate of drug-likeness (QED) is 0.589. The number of hydrogen-bond donors (Lipinski definition) is 2. The minimum absolute atomic E-state index is 0.0221. The van der Waals surface area contributed by atoms with Crippen LogP contribution in [0, 0.1) is 18.3 Å². The lowest BCUT2D eigenvalue weighted by molar-refractivity contribution is -0.146. The van der Waals surface area contributed by atoms with Crippen LogP contribution in [0.1, 0.15) is 51.2 Å². The highest BCUT2D eigenvalue weighted by molar-refractivity contribution is 5.91. The highest BCUT2D eigenvalue weighted by Gasteiger charge is 2.46. The van der Waals surface area contributed by atoms with Crippen molar-refractivity contribution in [1.82, 2.24) is 10.4 Å². The fourth-order valence-corrected chi connectivity index (χ4v) is 3.52. The first-order valence-electron chi connectivity index (χ1n) is 9.07. The van der Waals surface area contributed by atoms with Crippen LogP contribution in [0.25, 0.3) is 0 Å². The Kier molecular flexibility index (Phi) is 6.22. The molecule has 2 atom stereocenters. The summed E-state index contributed by atoms with van der Waals surface area (Å²) in [7, 11) is 0. The number of amides is 2. The first-order valence-corrected chi connectivity index (χ1v) is 9.07. The molecule has 1 aromatic carbocycles. The van der Waals surface area contributed by atoms with E-state index in [9.17, 15) is 9.59 Å². The molecule has 0 aromatic heterocycles. The van der Waals surface area contributed by atoms with Crippen LogP contribution in [0.15, 0.2) is 24.3 Å². The van der Waals surface area contributed by atoms with Gasteiger partial charge in [-0.2, -0.15) is 0 Å². The molecule has 1 heterocycles. The second-order valence-electron chi connectivity index (χ2n) is 7.92. The van der Waals surface area contributed by atoms with E-state index >= 15 is 0 Å². The zero-order chi connectivity index (χ0) is 18.6. The highest BCUT2D eigenvalue weighted by atomic mass is 16.5. The standard InChI is InChI=1S/C20H30N2O3/c1-14(2)13-17(18(23)21-25)22-12-11-20(4,19(22)24)10-9-16-7-5-15(3)6-8-16/h5-8,14,17,25H,9-13H2,1-4H3,(H,21,23). The van der Waals surface area contributed by atoms with E-state index < -0.39 is 17.4 Å². The summed E-state index contributed by atoms with van der Waals surface area (Å²) in [6, 6.07) is 7.79. The molecule has 2 rings (SSSR count). The van der Waals surface area contributed by atoms with Crippen molar-refractivity contribution in [2.75, 3.05) is 6.54 Å². The van der Waals surface area contributed by atoms with Crippen LogP contribution in [0.2, 0.25) is 0 Å². The van der Waals surface area contributed by atoms with Crippen molar-refractivity contribution in [3.05, 3.63) is 35.4 Å². The Bertz CT molecular complexity index is 612. The van der Waals surface area contributed by atoms with Crippen molar-refractivity contribution in [3.8, 4) is 0 Å². The summed E-state index contributed by atoms with van der Waals surface area (Å²) < 4.78 is 0. The zero-order valence-corrected chi connectivity index (χ0v) is 15.7. The number of hydrogen-bond acceptors (Lipinski definition) is 3. The average molecular weight is 346 g/mol. The van der Waals surface area contributed by atoms with E-state index in [1.165, 1.54) is 11.1 Å². The number of rotatable bonds is 7. The third-order valence-electron chi connectivity index (χ3n) is 5.25. The Labute approximate surface area is 150 Å². The second kappa shape index (κ2) is 8.00. The number of benzene rings is 1. The van der Waals surface area contributed by atoms with Gasteiger partial charge in [0.05, 0.1) is 0 Å². The summed E-state index contributed by atoms with van der Waals surface area (Å²) in [5.41, 5.74) is 3.73. The van der Waals surface area contributed by atoms with Gasteiger partial charge in [-0.25, -0.2) is 5.48 Å². The number of carbonyl (C=O) groups is 2. The molecule has 5 heteroatoms. The Morgan fingerprint density at radius 2 is 1.96 bits per heavy atom. The van der Waals surface area contributed by atoms with Crippen molar-refractivity contribution in [2.45, 2.75) is 59.4 Å². The molecule has 25 heavy (non-hydrogen) atoms. The molecule has 2 N–H and O–H groups in total. The fraction of sp³-hybridized carbons (Fsp3) is 0.600. The maximum Gasteiger partial charge on any atom is 0.266 e. The molecule has 1 fully saturated rings. The van der Waals surface area contributed by atoms with Crippen molar-refractivity contribution in [1.29, 1.82) is 0 Å². The first kappa shape index (κ1) is 19.4. The Morgan fingerprint density at radius 3 is 2.52 bits per heavy atom. The summed E-state index contributed by atoms with van der Waals surface area (Å²) in [5, 5.41) is 9.03. The number of nitrogens with one attached hydrogen (secondary N) is 1. The normalized spacial score (nSPS) is 21.7. The summed E-state index contributed by atoms with van der Waals surface area (Å²) in [6.45, 7) is 8.63. The molecule has 1 aliphatic rings. The molecule has 0 spiro atoms. The van der Waals surface area contributed by atoms with Crippen LogP contribution in [0.4, 0.5) is 0 Å². The van der Waals surface area contributed by atoms with E-state index in [-0.39, 0.29) is 11.8 Å². The van der Waals surface area contributed by atoms with Crippen LogP contribution < -0.4 is 5.48 Å². The Hall–Kier alpha value is -1.88. The van der Waals surface area contributed by atoms with E-state index in [2.05, 4.69) is 31.2 Å². The molecule has 0 bridgehead atoms. The topological polar surface area (TPSA) is 69.6 Å². The smallest absolute Gasteiger partial charge is 0.266 e. The minimum Gasteiger partial charge on any atom is -0.330 e. The molecule has 1 aromatic rings. The molecule has 1 aliphatic heterocycles. The lowest BCUT2D eigenvalue weighted by Crippen LogP contribution is -2.49. The van der Waals surface area contributed by atoms with Gasteiger partial charge < -0.3 is 4.90 Å². The van der Waals surface area contributed by atoms with Gasteiger partial charge in [0.1, 0.15) is 6.04 Å². The molecular weight excluding hydrogens is 316 g/mol. The molecule has 138 valence electrons. The molecular formula is C20H30N2O3. The van der Waals surface area contributed by atoms with Crippen molar-refractivity contribution in [2.24, 2.45) is 11.3 Å². The van der Waals surface area contributed by atoms with Crippen molar-refractivity contribution in [3.63, 3.8) is 0 Å². The third kappa shape index (κ3) is 4.60. The third-order valence-corrected chi connectivity index (χ3v) is 5.25. The number of carbonyl (C=O) groups excluding carboxylic acids is 2. The van der Waals surface area contributed by atoms with Gasteiger partial charge in [0.2, 0.25) is 5.91 Å². The van der Waals surface area contributed by atoms with Gasteiger partial charge in [0.25, 0.3) is 5.91 Å². The summed E-state index contributed by atoms with van der Waals surface area (Å²) >= 11 is 0. The minimum atomic E-state index is -0.598. The molecule has 5 nitrogen and oxygen atoms in total. The molecule has 0 aliphatic carbocycles. The molecule has 0 radical (unpaired) electrons. The van der Waals surface area contributed by atoms with Gasteiger partial charge in [0, 0.05) is 12.0 Å². The van der Waals surface area contributed by atoms with Crippen LogP contribution in [0.5, 0.6) is 0 Å². The second-order valence-corrected chi connectivity index (χ2v) is 7.92. The summed E-state index contributed by atoms with van der Waals surface area (Å²) in [6.07, 6.45) is 2.90. The monoisotopic (exact) mass is 346 g/mol. The van der Waals surface area contributed by atoms with E-state index in [1.807, 2.05) is 20.8 Å². The average Bonchev–Trinajstić information content (AvgIpc) is 2.87. The van der Waals surface area contributed by atoms with E-state index in [1.54, 1.807) is 10.4 Å². The van der Waals surface area contributed by atoms with Crippen LogP contribution in [-0.4, -0.2) is 34.5 Å². The van der Waals surface area contributed by atoms with E-state index in [4.69, 9.17) is 5.21 Å². The van der Waals surface area contributed by atoms with Gasteiger partial charge in [0.15, 0.2) is 0 Å². The van der Waals surface area contributed by atoms with Gasteiger partial charge >= 0.3 is 0 Å². The fourth-order valence-electron chi connectivity index (χ4n) is 3.52. The van der Waals surface area contributed by atoms with Crippen LogP contribution in [-0.2, 0) is 16.0 Å². The predicted molar refractivity (Wildman–Crippen MR) is 97.1 cm³/mol. The van der Waals surface area contributed by atoms with Crippen LogP contribution in [0.3, 0.4) is 0 Å². The largest absolute Gasteiger partial charge is 0.330 e. The Morgan fingerprint density at radius 1 is 1.32 bits per heavy atom. The zero-order valence-electron chi connectivity index (χ0n) is 15.7. The lowest BCUT2D eigenvalue weighted by Gasteiger charge is -2.30. The van der Waals surface area contributed by atoms with Crippen molar-refractivity contribution >= 4 is 11.8 Å². The van der Waals surface area contributed by atoms with Crippen LogP contribution >= 0.6 is 0 Å². The van der Waals surface area contributed by atoms with Gasteiger partial charge in [-0.15, -0.1) is 0 Å².